The van der Waals surface area contributed by atoms with Crippen LogP contribution in [-0.2, 0) is 9.59 Å². The van der Waals surface area contributed by atoms with E-state index in [1.165, 1.54) is 0 Å². The fourth-order valence-corrected chi connectivity index (χ4v) is 2.78. The molecule has 2 N–H and O–H groups in total. The summed E-state index contributed by atoms with van der Waals surface area (Å²) < 4.78 is 0. The van der Waals surface area contributed by atoms with E-state index in [9.17, 15) is 9.59 Å². The van der Waals surface area contributed by atoms with Crippen LogP contribution in [0.5, 0.6) is 0 Å². The third-order valence-corrected chi connectivity index (χ3v) is 4.58. The molecule has 5 nitrogen and oxygen atoms in total. The first-order chi connectivity index (χ1) is 12.4. The Labute approximate surface area is 154 Å². The first-order valence-corrected chi connectivity index (χ1v) is 8.73. The molecule has 0 aliphatic rings. The van der Waals surface area contributed by atoms with Gasteiger partial charge in [-0.1, -0.05) is 67.6 Å². The SMILES string of the molecule is CC(CN(C)C(C)C(=O)NC(c1ccccc1)c1ccccc1)C(=O)O. The largest absolute Gasteiger partial charge is 0.481 e. The molecule has 5 heteroatoms. The molecule has 1 amide bonds. The number of rotatable bonds is 8. The smallest absolute Gasteiger partial charge is 0.307 e. The summed E-state index contributed by atoms with van der Waals surface area (Å²) in [6.45, 7) is 3.74. The number of carbonyl (C=O) groups excluding carboxylic acids is 1. The Morgan fingerprint density at radius 2 is 1.42 bits per heavy atom. The van der Waals surface area contributed by atoms with Crippen LogP contribution in [0, 0.1) is 5.92 Å². The molecule has 2 unspecified atom stereocenters. The molecular formula is C21H26N2O3. The molecule has 2 atom stereocenters. The van der Waals surface area contributed by atoms with Crippen LogP contribution in [0.1, 0.15) is 31.0 Å². The van der Waals surface area contributed by atoms with Crippen molar-refractivity contribution < 1.29 is 14.7 Å². The van der Waals surface area contributed by atoms with Gasteiger partial charge in [-0.2, -0.15) is 0 Å². The maximum Gasteiger partial charge on any atom is 0.307 e. The quantitative estimate of drug-likeness (QED) is 0.765. The van der Waals surface area contributed by atoms with E-state index in [2.05, 4.69) is 5.32 Å². The highest BCUT2D eigenvalue weighted by atomic mass is 16.4. The van der Waals surface area contributed by atoms with E-state index >= 15 is 0 Å². The van der Waals surface area contributed by atoms with Gasteiger partial charge in [-0.25, -0.2) is 0 Å². The van der Waals surface area contributed by atoms with Gasteiger partial charge in [0.05, 0.1) is 18.0 Å². The molecular weight excluding hydrogens is 328 g/mol. The highest BCUT2D eigenvalue weighted by molar-refractivity contribution is 5.82. The molecule has 2 aromatic carbocycles. The number of hydrogen-bond acceptors (Lipinski definition) is 3. The first-order valence-electron chi connectivity index (χ1n) is 8.73. The highest BCUT2D eigenvalue weighted by Gasteiger charge is 2.25. The summed E-state index contributed by atoms with van der Waals surface area (Å²) >= 11 is 0. The van der Waals surface area contributed by atoms with Gasteiger partial charge in [0.15, 0.2) is 0 Å². The summed E-state index contributed by atoms with van der Waals surface area (Å²) in [7, 11) is 1.77. The summed E-state index contributed by atoms with van der Waals surface area (Å²) in [6.07, 6.45) is 0. The number of likely N-dealkylation sites (N-methyl/N-ethyl adjacent to an activating group) is 1. The summed E-state index contributed by atoms with van der Waals surface area (Å²) in [5.41, 5.74) is 2.00. The van der Waals surface area contributed by atoms with Crippen LogP contribution in [0.3, 0.4) is 0 Å². The van der Waals surface area contributed by atoms with E-state index in [0.29, 0.717) is 6.54 Å². The fourth-order valence-electron chi connectivity index (χ4n) is 2.78. The van der Waals surface area contributed by atoms with E-state index < -0.39 is 17.9 Å². The molecule has 2 rings (SSSR count). The Bertz CT molecular complexity index is 679. The minimum Gasteiger partial charge on any atom is -0.481 e. The molecule has 0 aliphatic heterocycles. The lowest BCUT2D eigenvalue weighted by Gasteiger charge is -2.28. The molecule has 2 aromatic rings. The zero-order valence-electron chi connectivity index (χ0n) is 15.4. The third-order valence-electron chi connectivity index (χ3n) is 4.58. The predicted molar refractivity (Wildman–Crippen MR) is 102 cm³/mol. The molecule has 0 aliphatic carbocycles. The average molecular weight is 354 g/mol. The van der Waals surface area contributed by atoms with Crippen molar-refractivity contribution in [1.29, 1.82) is 0 Å². The van der Waals surface area contributed by atoms with Crippen LogP contribution >= 0.6 is 0 Å². The van der Waals surface area contributed by atoms with E-state index in [-0.39, 0.29) is 11.9 Å². The molecule has 0 aromatic heterocycles. The third kappa shape index (κ3) is 5.17. The van der Waals surface area contributed by atoms with E-state index in [0.717, 1.165) is 11.1 Å². The van der Waals surface area contributed by atoms with Crippen molar-refractivity contribution in [3.05, 3.63) is 71.8 Å². The lowest BCUT2D eigenvalue weighted by atomic mass is 9.98. The molecule has 0 saturated carbocycles. The summed E-state index contributed by atoms with van der Waals surface area (Å²) in [5.74, 6) is -1.53. The van der Waals surface area contributed by atoms with Gasteiger partial charge >= 0.3 is 5.97 Å². The van der Waals surface area contributed by atoms with Gasteiger partial charge in [0, 0.05) is 6.54 Å². The normalized spacial score (nSPS) is 13.4. The number of benzene rings is 2. The zero-order valence-corrected chi connectivity index (χ0v) is 15.4. The molecule has 0 fully saturated rings. The second kappa shape index (κ2) is 9.15. The number of amides is 1. The second-order valence-corrected chi connectivity index (χ2v) is 6.62. The number of carboxylic acids is 1. The van der Waals surface area contributed by atoms with Crippen LogP contribution in [0.2, 0.25) is 0 Å². The van der Waals surface area contributed by atoms with Crippen LogP contribution in [0.25, 0.3) is 0 Å². The van der Waals surface area contributed by atoms with Gasteiger partial charge in [-0.3, -0.25) is 14.5 Å². The number of carboxylic acid groups (broad SMARTS) is 1. The first kappa shape index (κ1) is 19.7. The van der Waals surface area contributed by atoms with Crippen molar-refractivity contribution in [2.24, 2.45) is 5.92 Å². The molecule has 26 heavy (non-hydrogen) atoms. The van der Waals surface area contributed by atoms with Gasteiger partial charge in [0.1, 0.15) is 0 Å². The monoisotopic (exact) mass is 354 g/mol. The van der Waals surface area contributed by atoms with Gasteiger partial charge in [-0.15, -0.1) is 0 Å². The molecule has 0 heterocycles. The van der Waals surface area contributed by atoms with Gasteiger partial charge in [0.2, 0.25) is 5.91 Å². The maximum absolute atomic E-state index is 12.8. The van der Waals surface area contributed by atoms with E-state index in [4.69, 9.17) is 5.11 Å². The standard InChI is InChI=1S/C21H26N2O3/c1-15(21(25)26)14-23(3)16(2)20(24)22-19(17-10-6-4-7-11-17)18-12-8-5-9-13-18/h4-13,15-16,19H,14H2,1-3H3,(H,22,24)(H,25,26). The molecule has 138 valence electrons. The van der Waals surface area contributed by atoms with Crippen molar-refractivity contribution in [3.63, 3.8) is 0 Å². The fraction of sp³-hybridized carbons (Fsp3) is 0.333. The predicted octanol–water partition coefficient (Wildman–Crippen LogP) is 2.93. The van der Waals surface area contributed by atoms with E-state index in [1.807, 2.05) is 60.7 Å². The van der Waals surface area contributed by atoms with Crippen molar-refractivity contribution in [2.75, 3.05) is 13.6 Å². The zero-order chi connectivity index (χ0) is 19.1. The minimum atomic E-state index is -0.865. The molecule has 0 bridgehead atoms. The van der Waals surface area contributed by atoms with Crippen molar-refractivity contribution in [1.82, 2.24) is 10.2 Å². The van der Waals surface area contributed by atoms with Crippen LogP contribution in [0.4, 0.5) is 0 Å². The van der Waals surface area contributed by atoms with Gasteiger partial charge < -0.3 is 10.4 Å². The van der Waals surface area contributed by atoms with E-state index in [1.54, 1.807) is 25.8 Å². The lowest BCUT2D eigenvalue weighted by molar-refractivity contribution is -0.142. The summed E-state index contributed by atoms with van der Waals surface area (Å²) in [4.78, 5) is 25.6. The Morgan fingerprint density at radius 1 is 0.962 bits per heavy atom. The van der Waals surface area contributed by atoms with Crippen molar-refractivity contribution in [3.8, 4) is 0 Å². The minimum absolute atomic E-state index is 0.136. The molecule has 0 spiro atoms. The Balaban J connectivity index is 2.15. The number of aliphatic carboxylic acids is 1. The highest BCUT2D eigenvalue weighted by Crippen LogP contribution is 2.22. The Morgan fingerprint density at radius 3 is 1.85 bits per heavy atom. The van der Waals surface area contributed by atoms with Crippen LogP contribution < -0.4 is 5.32 Å². The maximum atomic E-state index is 12.8. The average Bonchev–Trinajstić information content (AvgIpc) is 2.66. The number of carbonyl (C=O) groups is 2. The van der Waals surface area contributed by atoms with Gasteiger partial charge in [-0.05, 0) is 25.1 Å². The Kier molecular flexibility index (Phi) is 6.92. The summed E-state index contributed by atoms with van der Waals surface area (Å²) in [5, 5.41) is 12.2. The van der Waals surface area contributed by atoms with Crippen molar-refractivity contribution in [2.45, 2.75) is 25.9 Å². The van der Waals surface area contributed by atoms with Crippen LogP contribution in [0.15, 0.2) is 60.7 Å². The Hall–Kier alpha value is -2.66. The van der Waals surface area contributed by atoms with Gasteiger partial charge in [0.25, 0.3) is 0 Å². The number of hydrogen-bond donors (Lipinski definition) is 2. The van der Waals surface area contributed by atoms with Crippen LogP contribution in [-0.4, -0.2) is 41.5 Å². The second-order valence-electron chi connectivity index (χ2n) is 6.62. The molecule has 0 radical (unpaired) electrons. The topological polar surface area (TPSA) is 69.6 Å². The van der Waals surface area contributed by atoms with Crippen molar-refractivity contribution >= 4 is 11.9 Å². The summed E-state index contributed by atoms with van der Waals surface area (Å²) in [6, 6.07) is 18.9. The molecule has 0 saturated heterocycles. The number of nitrogens with one attached hydrogen (secondary N) is 1. The lowest BCUT2D eigenvalue weighted by Crippen LogP contribution is -2.46. The number of nitrogens with zero attached hydrogens (tertiary/aromatic N) is 1.